The molecule has 0 bridgehead atoms. The molecule has 0 unspecified atom stereocenters. The Kier molecular flexibility index (Phi) is 7.68. The van der Waals surface area contributed by atoms with Crippen molar-refractivity contribution in [1.29, 1.82) is 0 Å². The first-order chi connectivity index (χ1) is 9.42. The number of thioether (sulfide) groups is 1. The van der Waals surface area contributed by atoms with E-state index in [4.69, 9.17) is 0 Å². The molecule has 0 saturated carbocycles. The van der Waals surface area contributed by atoms with E-state index in [0.29, 0.717) is 25.6 Å². The maximum atomic E-state index is 12.0. The predicted octanol–water partition coefficient (Wildman–Crippen LogP) is 0.710. The number of nitrogens with one attached hydrogen (secondary N) is 2. The van der Waals surface area contributed by atoms with Crippen LogP contribution in [0.2, 0.25) is 0 Å². The molecule has 0 atom stereocenters. The van der Waals surface area contributed by atoms with Crippen LogP contribution in [0.4, 0.5) is 4.79 Å². The molecule has 0 aromatic carbocycles. The molecule has 0 aromatic rings. The number of nitrogens with zero attached hydrogens (tertiary/aromatic N) is 1. The van der Waals surface area contributed by atoms with Crippen LogP contribution < -0.4 is 10.6 Å². The standard InChI is InChI=1S/C12H25N3O3S2/c1-11(2)3-4-13-12(16)14-5-10-20(17,18)15-6-8-19-9-7-15/h11H,3-10H2,1-2H3,(H2,13,14,16). The van der Waals surface area contributed by atoms with E-state index in [0.717, 1.165) is 17.9 Å². The molecule has 0 radical (unpaired) electrons. The fraction of sp³-hybridized carbons (Fsp3) is 0.917. The Hall–Kier alpha value is -0.470. The summed E-state index contributed by atoms with van der Waals surface area (Å²) in [5.41, 5.74) is 0. The van der Waals surface area contributed by atoms with Gasteiger partial charge in [-0.25, -0.2) is 17.5 Å². The predicted molar refractivity (Wildman–Crippen MR) is 83.5 cm³/mol. The minimum atomic E-state index is -3.24. The molecule has 0 aliphatic carbocycles. The van der Waals surface area contributed by atoms with E-state index >= 15 is 0 Å². The van der Waals surface area contributed by atoms with Crippen LogP contribution in [0.1, 0.15) is 20.3 Å². The summed E-state index contributed by atoms with van der Waals surface area (Å²) < 4.78 is 25.5. The molecule has 2 amide bonds. The van der Waals surface area contributed by atoms with Crippen molar-refractivity contribution in [1.82, 2.24) is 14.9 Å². The van der Waals surface area contributed by atoms with Gasteiger partial charge in [0.15, 0.2) is 0 Å². The maximum Gasteiger partial charge on any atom is 0.314 e. The number of hydrogen-bond acceptors (Lipinski definition) is 4. The normalized spacial score (nSPS) is 17.1. The van der Waals surface area contributed by atoms with E-state index < -0.39 is 10.0 Å². The van der Waals surface area contributed by atoms with Gasteiger partial charge < -0.3 is 10.6 Å². The number of carbonyl (C=O) groups is 1. The van der Waals surface area contributed by atoms with Crippen LogP contribution in [0.25, 0.3) is 0 Å². The molecule has 8 heteroatoms. The van der Waals surface area contributed by atoms with Crippen molar-refractivity contribution in [3.05, 3.63) is 0 Å². The topological polar surface area (TPSA) is 78.5 Å². The van der Waals surface area contributed by atoms with Gasteiger partial charge in [0.2, 0.25) is 10.0 Å². The van der Waals surface area contributed by atoms with Crippen LogP contribution in [0.15, 0.2) is 0 Å². The van der Waals surface area contributed by atoms with Crippen molar-refractivity contribution in [2.24, 2.45) is 5.92 Å². The largest absolute Gasteiger partial charge is 0.338 e. The number of hydrogen-bond donors (Lipinski definition) is 2. The number of sulfonamides is 1. The van der Waals surface area contributed by atoms with Crippen molar-refractivity contribution in [2.45, 2.75) is 20.3 Å². The first-order valence-electron chi connectivity index (χ1n) is 6.99. The maximum absolute atomic E-state index is 12.0. The molecule has 2 N–H and O–H groups in total. The smallest absolute Gasteiger partial charge is 0.314 e. The van der Waals surface area contributed by atoms with Crippen LogP contribution in [0.5, 0.6) is 0 Å². The highest BCUT2D eigenvalue weighted by Gasteiger charge is 2.23. The van der Waals surface area contributed by atoms with Crippen molar-refractivity contribution in [3.8, 4) is 0 Å². The molecular weight excluding hydrogens is 298 g/mol. The summed E-state index contributed by atoms with van der Waals surface area (Å²) >= 11 is 1.77. The van der Waals surface area contributed by atoms with Crippen LogP contribution >= 0.6 is 11.8 Å². The summed E-state index contributed by atoms with van der Waals surface area (Å²) in [6.45, 7) is 6.09. The molecule has 0 aromatic heterocycles. The van der Waals surface area contributed by atoms with Crippen molar-refractivity contribution in [2.75, 3.05) is 43.4 Å². The lowest BCUT2D eigenvalue weighted by atomic mass is 10.1. The van der Waals surface area contributed by atoms with Gasteiger partial charge in [0.1, 0.15) is 0 Å². The second-order valence-electron chi connectivity index (χ2n) is 5.19. The molecule has 1 heterocycles. The SMILES string of the molecule is CC(C)CCNC(=O)NCCS(=O)(=O)N1CCSCC1. The Balaban J connectivity index is 2.20. The molecule has 1 aliphatic heterocycles. The van der Waals surface area contributed by atoms with Crippen LogP contribution in [-0.4, -0.2) is 62.2 Å². The third kappa shape index (κ3) is 6.81. The quantitative estimate of drug-likeness (QED) is 0.723. The lowest BCUT2D eigenvalue weighted by Crippen LogP contribution is -2.43. The first-order valence-corrected chi connectivity index (χ1v) is 9.75. The number of amides is 2. The van der Waals surface area contributed by atoms with Gasteiger partial charge in [-0.1, -0.05) is 13.8 Å². The second-order valence-corrected chi connectivity index (χ2v) is 8.51. The van der Waals surface area contributed by atoms with E-state index in [9.17, 15) is 13.2 Å². The highest BCUT2D eigenvalue weighted by Crippen LogP contribution is 2.12. The third-order valence-electron chi connectivity index (χ3n) is 3.02. The van der Waals surface area contributed by atoms with Crippen molar-refractivity contribution >= 4 is 27.8 Å². The zero-order valence-electron chi connectivity index (χ0n) is 12.2. The summed E-state index contributed by atoms with van der Waals surface area (Å²) in [6, 6.07) is -0.296. The second kappa shape index (κ2) is 8.74. The average molecular weight is 323 g/mol. The monoisotopic (exact) mass is 323 g/mol. The van der Waals surface area contributed by atoms with Gasteiger partial charge in [0.05, 0.1) is 5.75 Å². The van der Waals surface area contributed by atoms with E-state index in [2.05, 4.69) is 24.5 Å². The molecule has 1 rings (SSSR count). The summed E-state index contributed by atoms with van der Waals surface area (Å²) in [5.74, 6) is 2.20. The summed E-state index contributed by atoms with van der Waals surface area (Å²) in [5, 5.41) is 5.31. The minimum absolute atomic E-state index is 0.0325. The van der Waals surface area contributed by atoms with E-state index in [-0.39, 0.29) is 18.3 Å². The molecule has 118 valence electrons. The molecule has 0 spiro atoms. The van der Waals surface area contributed by atoms with Crippen molar-refractivity contribution in [3.63, 3.8) is 0 Å². The number of urea groups is 1. The number of rotatable bonds is 7. The highest BCUT2D eigenvalue weighted by atomic mass is 32.2. The lowest BCUT2D eigenvalue weighted by molar-refractivity contribution is 0.241. The Bertz CT molecular complexity index is 393. The Morgan fingerprint density at radius 2 is 1.80 bits per heavy atom. The van der Waals surface area contributed by atoms with Gasteiger partial charge in [-0.2, -0.15) is 11.8 Å². The van der Waals surface area contributed by atoms with Gasteiger partial charge in [-0.3, -0.25) is 0 Å². The molecule has 1 aliphatic rings. The molecular formula is C12H25N3O3S2. The Labute approximate surface area is 126 Å². The molecule has 1 saturated heterocycles. The Morgan fingerprint density at radius 1 is 1.20 bits per heavy atom. The lowest BCUT2D eigenvalue weighted by Gasteiger charge is -2.25. The van der Waals surface area contributed by atoms with Gasteiger partial charge in [0, 0.05) is 37.7 Å². The van der Waals surface area contributed by atoms with E-state index in [1.54, 1.807) is 11.8 Å². The van der Waals surface area contributed by atoms with E-state index in [1.807, 2.05) is 0 Å². The van der Waals surface area contributed by atoms with Crippen LogP contribution in [-0.2, 0) is 10.0 Å². The molecule has 1 fully saturated rings. The average Bonchev–Trinajstić information content (AvgIpc) is 2.39. The summed E-state index contributed by atoms with van der Waals surface area (Å²) in [6.07, 6.45) is 0.914. The van der Waals surface area contributed by atoms with Gasteiger partial charge in [0.25, 0.3) is 0 Å². The van der Waals surface area contributed by atoms with Crippen LogP contribution in [0.3, 0.4) is 0 Å². The fourth-order valence-electron chi connectivity index (χ4n) is 1.78. The third-order valence-corrected chi connectivity index (χ3v) is 5.83. The highest BCUT2D eigenvalue weighted by molar-refractivity contribution is 7.99. The molecule has 20 heavy (non-hydrogen) atoms. The molecule has 6 nitrogen and oxygen atoms in total. The van der Waals surface area contributed by atoms with Gasteiger partial charge >= 0.3 is 6.03 Å². The van der Waals surface area contributed by atoms with Gasteiger partial charge in [-0.15, -0.1) is 0 Å². The Morgan fingerprint density at radius 3 is 2.40 bits per heavy atom. The first kappa shape index (κ1) is 17.6. The summed E-state index contributed by atoms with van der Waals surface area (Å²) in [4.78, 5) is 11.5. The zero-order chi connectivity index (χ0) is 15.0. The van der Waals surface area contributed by atoms with Crippen molar-refractivity contribution < 1.29 is 13.2 Å². The zero-order valence-corrected chi connectivity index (χ0v) is 13.9. The van der Waals surface area contributed by atoms with Crippen LogP contribution in [0, 0.1) is 5.92 Å². The summed E-state index contributed by atoms with van der Waals surface area (Å²) in [7, 11) is -3.24. The van der Waals surface area contributed by atoms with Gasteiger partial charge in [-0.05, 0) is 12.3 Å². The minimum Gasteiger partial charge on any atom is -0.338 e. The number of carbonyl (C=O) groups excluding carboxylic acids is 1. The fourth-order valence-corrected chi connectivity index (χ4v) is 4.28. The van der Waals surface area contributed by atoms with E-state index in [1.165, 1.54) is 4.31 Å².